The molecule has 2 nitrogen and oxygen atoms in total. The smallest absolute Gasteiger partial charge is 0.372 e. The van der Waals surface area contributed by atoms with Crippen molar-refractivity contribution in [1.29, 1.82) is 0 Å². The molecule has 0 aromatic carbocycles. The van der Waals surface area contributed by atoms with E-state index in [-0.39, 0.29) is 6.61 Å². The number of halogens is 3. The van der Waals surface area contributed by atoms with E-state index in [1.807, 2.05) is 0 Å². The van der Waals surface area contributed by atoms with E-state index in [1.54, 1.807) is 0 Å². The fourth-order valence-corrected chi connectivity index (χ4v) is 2.43. The van der Waals surface area contributed by atoms with Gasteiger partial charge >= 0.3 is 6.18 Å². The molecule has 0 spiro atoms. The third-order valence-corrected chi connectivity index (χ3v) is 3.35. The third-order valence-electron chi connectivity index (χ3n) is 3.35. The van der Waals surface area contributed by atoms with Gasteiger partial charge in [-0.3, -0.25) is 0 Å². The van der Waals surface area contributed by atoms with Gasteiger partial charge in [0.05, 0.1) is 0 Å². The molecule has 0 unspecified atom stereocenters. The fourth-order valence-electron chi connectivity index (χ4n) is 2.43. The van der Waals surface area contributed by atoms with Gasteiger partial charge < -0.3 is 10.1 Å². The maximum atomic E-state index is 11.7. The van der Waals surface area contributed by atoms with E-state index in [0.717, 1.165) is 19.0 Å². The van der Waals surface area contributed by atoms with Crippen LogP contribution in [0.1, 0.15) is 44.9 Å². The van der Waals surface area contributed by atoms with Crippen LogP contribution >= 0.6 is 0 Å². The summed E-state index contributed by atoms with van der Waals surface area (Å²) in [5.41, 5.74) is 0. The van der Waals surface area contributed by atoms with Gasteiger partial charge in [-0.05, 0) is 38.3 Å². The van der Waals surface area contributed by atoms with Gasteiger partial charge in [0.2, 0.25) is 0 Å². The van der Waals surface area contributed by atoms with Crippen molar-refractivity contribution in [1.82, 2.24) is 5.32 Å². The fraction of sp³-hybridized carbons (Fsp3) is 1.00. The molecule has 1 saturated carbocycles. The summed E-state index contributed by atoms with van der Waals surface area (Å²) >= 11 is 0. The van der Waals surface area contributed by atoms with Crippen LogP contribution in [0.2, 0.25) is 0 Å². The first-order chi connectivity index (χ1) is 8.58. The Hall–Kier alpha value is -0.290. The molecule has 0 aromatic heterocycles. The minimum absolute atomic E-state index is 0.176. The topological polar surface area (TPSA) is 21.3 Å². The van der Waals surface area contributed by atoms with Crippen LogP contribution in [0.25, 0.3) is 0 Å². The molecular weight excluding hydrogens is 243 g/mol. The van der Waals surface area contributed by atoms with Crippen molar-refractivity contribution in [3.8, 4) is 0 Å². The molecule has 1 N–H and O–H groups in total. The first-order valence-electron chi connectivity index (χ1n) is 6.93. The normalized spacial score (nSPS) is 17.5. The molecule has 0 heterocycles. The molecule has 1 rings (SSSR count). The number of ether oxygens (including phenoxy) is 1. The first-order valence-corrected chi connectivity index (χ1v) is 6.93. The molecular formula is C13H24F3NO. The second kappa shape index (κ2) is 8.75. The Morgan fingerprint density at radius 1 is 1.06 bits per heavy atom. The Labute approximate surface area is 107 Å². The van der Waals surface area contributed by atoms with Gasteiger partial charge in [-0.1, -0.05) is 25.7 Å². The predicted molar refractivity (Wildman–Crippen MR) is 65.6 cm³/mol. The molecule has 0 amide bonds. The van der Waals surface area contributed by atoms with Gasteiger partial charge in [0.15, 0.2) is 0 Å². The highest BCUT2D eigenvalue weighted by molar-refractivity contribution is 4.67. The molecule has 1 aliphatic rings. The monoisotopic (exact) mass is 267 g/mol. The minimum Gasteiger partial charge on any atom is -0.372 e. The summed E-state index contributed by atoms with van der Waals surface area (Å²) in [5.74, 6) is 0.918. The summed E-state index contributed by atoms with van der Waals surface area (Å²) in [6.07, 6.45) is 4.43. The molecule has 0 saturated heterocycles. The summed E-state index contributed by atoms with van der Waals surface area (Å²) in [7, 11) is 0. The van der Waals surface area contributed by atoms with Gasteiger partial charge in [-0.15, -0.1) is 0 Å². The number of alkyl halides is 3. The second-order valence-electron chi connectivity index (χ2n) is 5.06. The largest absolute Gasteiger partial charge is 0.411 e. The van der Waals surface area contributed by atoms with Crippen molar-refractivity contribution >= 4 is 0 Å². The maximum Gasteiger partial charge on any atom is 0.411 e. The number of hydrogen-bond donors (Lipinski definition) is 1. The number of nitrogens with one attached hydrogen (secondary N) is 1. The second-order valence-corrected chi connectivity index (χ2v) is 5.06. The quantitative estimate of drug-likeness (QED) is 0.645. The van der Waals surface area contributed by atoms with Crippen LogP contribution in [0.5, 0.6) is 0 Å². The van der Waals surface area contributed by atoms with Gasteiger partial charge in [-0.2, -0.15) is 13.2 Å². The first kappa shape index (κ1) is 15.8. The molecule has 0 bridgehead atoms. The predicted octanol–water partition coefficient (Wildman–Crippen LogP) is 3.52. The highest BCUT2D eigenvalue weighted by atomic mass is 19.4. The lowest BCUT2D eigenvalue weighted by Crippen LogP contribution is -2.21. The van der Waals surface area contributed by atoms with Gasteiger partial charge in [0.25, 0.3) is 0 Å². The van der Waals surface area contributed by atoms with Crippen LogP contribution in [0, 0.1) is 5.92 Å². The Morgan fingerprint density at radius 2 is 1.72 bits per heavy atom. The van der Waals surface area contributed by atoms with Gasteiger partial charge in [0, 0.05) is 6.61 Å². The van der Waals surface area contributed by atoms with Crippen LogP contribution in [0.15, 0.2) is 0 Å². The van der Waals surface area contributed by atoms with E-state index in [2.05, 4.69) is 10.1 Å². The van der Waals surface area contributed by atoms with E-state index in [0.29, 0.717) is 6.42 Å². The van der Waals surface area contributed by atoms with Crippen LogP contribution in [-0.2, 0) is 4.74 Å². The molecule has 108 valence electrons. The zero-order valence-electron chi connectivity index (χ0n) is 10.9. The van der Waals surface area contributed by atoms with Crippen LogP contribution in [0.3, 0.4) is 0 Å². The van der Waals surface area contributed by atoms with E-state index < -0.39 is 12.8 Å². The van der Waals surface area contributed by atoms with Gasteiger partial charge in [0.1, 0.15) is 6.61 Å². The molecule has 1 fully saturated rings. The average Bonchev–Trinajstić information content (AvgIpc) is 2.78. The lowest BCUT2D eigenvalue weighted by Gasteiger charge is -2.10. The van der Waals surface area contributed by atoms with Crippen molar-refractivity contribution < 1.29 is 17.9 Å². The zero-order valence-corrected chi connectivity index (χ0v) is 10.9. The molecule has 5 heteroatoms. The van der Waals surface area contributed by atoms with E-state index in [4.69, 9.17) is 0 Å². The Morgan fingerprint density at radius 3 is 2.39 bits per heavy atom. The van der Waals surface area contributed by atoms with E-state index in [1.165, 1.54) is 38.5 Å². The Balaban J connectivity index is 1.76. The standard InChI is InChI=1S/C13H24F3NO/c14-13(15,16)11-18-10-4-9-17-8-3-7-12-5-1-2-6-12/h12,17H,1-11H2. The van der Waals surface area contributed by atoms with Crippen molar-refractivity contribution in [2.24, 2.45) is 5.92 Å². The summed E-state index contributed by atoms with van der Waals surface area (Å²) < 4.78 is 39.7. The molecule has 0 radical (unpaired) electrons. The summed E-state index contributed by atoms with van der Waals surface area (Å²) in [6, 6.07) is 0. The molecule has 0 atom stereocenters. The lowest BCUT2D eigenvalue weighted by molar-refractivity contribution is -0.173. The van der Waals surface area contributed by atoms with Crippen LogP contribution < -0.4 is 5.32 Å². The van der Waals surface area contributed by atoms with Crippen LogP contribution in [-0.4, -0.2) is 32.5 Å². The lowest BCUT2D eigenvalue weighted by atomic mass is 10.0. The number of hydrogen-bond acceptors (Lipinski definition) is 2. The van der Waals surface area contributed by atoms with Gasteiger partial charge in [-0.25, -0.2) is 0 Å². The Bertz CT molecular complexity index is 203. The molecule has 1 aliphatic carbocycles. The van der Waals surface area contributed by atoms with Crippen molar-refractivity contribution in [3.63, 3.8) is 0 Å². The average molecular weight is 267 g/mol. The summed E-state index contributed by atoms with van der Waals surface area (Å²) in [6.45, 7) is 0.752. The van der Waals surface area contributed by atoms with Crippen molar-refractivity contribution in [2.75, 3.05) is 26.3 Å². The van der Waals surface area contributed by atoms with Crippen LogP contribution in [0.4, 0.5) is 13.2 Å². The molecule has 0 aromatic rings. The van der Waals surface area contributed by atoms with Crippen molar-refractivity contribution in [2.45, 2.75) is 51.1 Å². The summed E-state index contributed by atoms with van der Waals surface area (Å²) in [4.78, 5) is 0. The zero-order chi connectivity index (χ0) is 13.3. The van der Waals surface area contributed by atoms with Crippen molar-refractivity contribution in [3.05, 3.63) is 0 Å². The SMILES string of the molecule is FC(F)(F)COCCCNCCCC1CCCC1. The Kier molecular flexibility index (Phi) is 7.66. The van der Waals surface area contributed by atoms with E-state index in [9.17, 15) is 13.2 Å². The highest BCUT2D eigenvalue weighted by Crippen LogP contribution is 2.28. The summed E-state index contributed by atoms with van der Waals surface area (Å²) in [5, 5.41) is 3.25. The minimum atomic E-state index is -4.20. The molecule has 0 aliphatic heterocycles. The van der Waals surface area contributed by atoms with E-state index >= 15 is 0 Å². The molecule has 18 heavy (non-hydrogen) atoms. The highest BCUT2D eigenvalue weighted by Gasteiger charge is 2.27. The number of rotatable bonds is 9. The maximum absolute atomic E-state index is 11.7. The third kappa shape index (κ3) is 8.75.